The highest BCUT2D eigenvalue weighted by Crippen LogP contribution is 2.28. The van der Waals surface area contributed by atoms with Crippen molar-refractivity contribution in [3.05, 3.63) is 35.9 Å². The number of carboxylic acid groups (broad SMARTS) is 2. The molecule has 0 atom stereocenters. The van der Waals surface area contributed by atoms with Crippen molar-refractivity contribution in [1.29, 1.82) is 0 Å². The molecule has 0 saturated heterocycles. The van der Waals surface area contributed by atoms with Crippen LogP contribution in [0.5, 0.6) is 0 Å². The first kappa shape index (κ1) is 13.7. The smallest absolute Gasteiger partial charge is 0.450 e. The van der Waals surface area contributed by atoms with Gasteiger partial charge in [0, 0.05) is 5.56 Å². The standard InChI is InChI=1S/C8H8F2S.CH2O3/c9-8(10,6-11)7-4-2-1-3-5-7;2-1(3)4/h1-5,11H,6H2;(H2,2,3,4). The van der Waals surface area contributed by atoms with Crippen LogP contribution in [0.2, 0.25) is 0 Å². The van der Waals surface area contributed by atoms with Gasteiger partial charge in [-0.2, -0.15) is 12.6 Å². The van der Waals surface area contributed by atoms with Crippen molar-refractivity contribution >= 4 is 18.8 Å². The maximum absolute atomic E-state index is 12.8. The highest BCUT2D eigenvalue weighted by Gasteiger charge is 2.28. The molecule has 0 aliphatic carbocycles. The lowest BCUT2D eigenvalue weighted by Gasteiger charge is -2.12. The molecule has 0 amide bonds. The van der Waals surface area contributed by atoms with Crippen molar-refractivity contribution in [2.45, 2.75) is 5.92 Å². The lowest BCUT2D eigenvalue weighted by Crippen LogP contribution is -2.14. The minimum atomic E-state index is -2.80. The summed E-state index contributed by atoms with van der Waals surface area (Å²) in [5, 5.41) is 13.9. The predicted molar refractivity (Wildman–Crippen MR) is 54.8 cm³/mol. The van der Waals surface area contributed by atoms with E-state index in [0.717, 1.165) is 0 Å². The van der Waals surface area contributed by atoms with Gasteiger partial charge in [0.1, 0.15) is 0 Å². The number of benzene rings is 1. The van der Waals surface area contributed by atoms with Crippen LogP contribution in [-0.4, -0.2) is 22.1 Å². The lowest BCUT2D eigenvalue weighted by atomic mass is 10.1. The largest absolute Gasteiger partial charge is 0.503 e. The second-order valence-electron chi connectivity index (χ2n) is 2.51. The molecule has 6 heteroatoms. The average molecular weight is 236 g/mol. The Kier molecular flexibility index (Phi) is 5.69. The molecule has 0 unspecified atom stereocenters. The van der Waals surface area contributed by atoms with E-state index in [-0.39, 0.29) is 5.56 Å². The topological polar surface area (TPSA) is 57.5 Å². The Morgan fingerprint density at radius 3 is 2.00 bits per heavy atom. The Bertz CT molecular complexity index is 299. The molecule has 0 saturated carbocycles. The fourth-order valence-electron chi connectivity index (χ4n) is 0.773. The van der Waals surface area contributed by atoms with Gasteiger partial charge in [-0.25, -0.2) is 13.6 Å². The number of hydrogen-bond acceptors (Lipinski definition) is 2. The number of thiol groups is 1. The summed E-state index contributed by atoms with van der Waals surface area (Å²) in [5.74, 6) is -3.25. The Labute approximate surface area is 90.8 Å². The van der Waals surface area contributed by atoms with E-state index in [0.29, 0.717) is 0 Å². The van der Waals surface area contributed by atoms with Crippen LogP contribution >= 0.6 is 12.6 Å². The maximum atomic E-state index is 12.8. The van der Waals surface area contributed by atoms with E-state index in [4.69, 9.17) is 15.0 Å². The monoisotopic (exact) mass is 236 g/mol. The second-order valence-corrected chi connectivity index (χ2v) is 2.83. The molecule has 3 nitrogen and oxygen atoms in total. The van der Waals surface area contributed by atoms with Crippen molar-refractivity contribution in [2.24, 2.45) is 0 Å². The highest BCUT2D eigenvalue weighted by molar-refractivity contribution is 7.80. The molecule has 1 aromatic rings. The molecule has 0 aliphatic heterocycles. The quantitative estimate of drug-likeness (QED) is 0.692. The molecule has 0 heterocycles. The van der Waals surface area contributed by atoms with E-state index in [1.54, 1.807) is 18.2 Å². The van der Waals surface area contributed by atoms with Crippen LogP contribution in [0.1, 0.15) is 5.56 Å². The van der Waals surface area contributed by atoms with Crippen molar-refractivity contribution < 1.29 is 23.8 Å². The summed E-state index contributed by atoms with van der Waals surface area (Å²) in [6, 6.07) is 7.68. The van der Waals surface area contributed by atoms with E-state index in [1.807, 2.05) is 0 Å². The summed E-state index contributed by atoms with van der Waals surface area (Å²) in [6.07, 6.45) is -1.83. The van der Waals surface area contributed by atoms with Gasteiger partial charge in [0.05, 0.1) is 5.75 Å². The van der Waals surface area contributed by atoms with Gasteiger partial charge in [-0.3, -0.25) is 0 Å². The van der Waals surface area contributed by atoms with Gasteiger partial charge in [0.15, 0.2) is 0 Å². The van der Waals surface area contributed by atoms with Crippen LogP contribution in [0, 0.1) is 0 Å². The van der Waals surface area contributed by atoms with Crippen LogP contribution in [0.3, 0.4) is 0 Å². The summed E-state index contributed by atoms with van der Waals surface area (Å²) in [7, 11) is 0. The van der Waals surface area contributed by atoms with Gasteiger partial charge in [0.25, 0.3) is 5.92 Å². The predicted octanol–water partition coefficient (Wildman–Crippen LogP) is 2.93. The summed E-state index contributed by atoms with van der Waals surface area (Å²) < 4.78 is 25.6. The Morgan fingerprint density at radius 1 is 1.27 bits per heavy atom. The van der Waals surface area contributed by atoms with Crippen LogP contribution in [0.4, 0.5) is 13.6 Å². The normalized spacial score (nSPS) is 10.1. The second kappa shape index (κ2) is 6.23. The highest BCUT2D eigenvalue weighted by atomic mass is 32.1. The molecule has 0 fully saturated rings. The average Bonchev–Trinajstić information content (AvgIpc) is 2.18. The van der Waals surface area contributed by atoms with Crippen molar-refractivity contribution in [1.82, 2.24) is 0 Å². The number of alkyl halides is 2. The fourth-order valence-corrected chi connectivity index (χ4v) is 0.956. The van der Waals surface area contributed by atoms with E-state index < -0.39 is 17.8 Å². The minimum Gasteiger partial charge on any atom is -0.450 e. The minimum absolute atomic E-state index is 0.0231. The molecule has 1 aromatic carbocycles. The third-order valence-corrected chi connectivity index (χ3v) is 1.79. The van der Waals surface area contributed by atoms with Crippen molar-refractivity contribution in [3.8, 4) is 0 Å². The zero-order valence-electron chi connectivity index (χ0n) is 7.60. The molecule has 0 aliphatic rings. The molecule has 0 aromatic heterocycles. The Balaban J connectivity index is 0.000000423. The molecule has 0 spiro atoms. The Morgan fingerprint density at radius 2 is 1.67 bits per heavy atom. The molecule has 15 heavy (non-hydrogen) atoms. The lowest BCUT2D eigenvalue weighted by molar-refractivity contribution is 0.0236. The molecular formula is C9H10F2O3S. The third kappa shape index (κ3) is 5.90. The molecule has 0 bridgehead atoms. The fraction of sp³-hybridized carbons (Fsp3) is 0.222. The summed E-state index contributed by atoms with van der Waals surface area (Å²) in [5.41, 5.74) is 0.0231. The van der Waals surface area contributed by atoms with Crippen LogP contribution in [-0.2, 0) is 5.92 Å². The van der Waals surface area contributed by atoms with Gasteiger partial charge < -0.3 is 10.2 Å². The van der Waals surface area contributed by atoms with Crippen LogP contribution in [0.15, 0.2) is 30.3 Å². The number of rotatable bonds is 2. The van der Waals surface area contributed by atoms with Gasteiger partial charge >= 0.3 is 6.16 Å². The third-order valence-electron chi connectivity index (χ3n) is 1.39. The SMILES string of the molecule is FC(F)(CS)c1ccccc1.O=C(O)O. The van der Waals surface area contributed by atoms with E-state index in [2.05, 4.69) is 12.6 Å². The molecule has 2 N–H and O–H groups in total. The molecule has 1 rings (SSSR count). The number of halogens is 2. The van der Waals surface area contributed by atoms with Crippen LogP contribution in [0.25, 0.3) is 0 Å². The van der Waals surface area contributed by atoms with E-state index in [1.165, 1.54) is 12.1 Å². The molecule has 0 radical (unpaired) electrons. The van der Waals surface area contributed by atoms with E-state index in [9.17, 15) is 8.78 Å². The number of carbonyl (C=O) groups is 1. The zero-order valence-corrected chi connectivity index (χ0v) is 8.49. The number of hydrogen-bond donors (Lipinski definition) is 3. The molecule has 84 valence electrons. The van der Waals surface area contributed by atoms with Gasteiger partial charge in [0.2, 0.25) is 0 Å². The summed E-state index contributed by atoms with van der Waals surface area (Å²) in [4.78, 5) is 8.56. The summed E-state index contributed by atoms with van der Waals surface area (Å²) in [6.45, 7) is 0. The van der Waals surface area contributed by atoms with Crippen molar-refractivity contribution in [2.75, 3.05) is 5.75 Å². The van der Waals surface area contributed by atoms with Gasteiger partial charge in [-0.05, 0) is 0 Å². The van der Waals surface area contributed by atoms with Gasteiger partial charge in [-0.1, -0.05) is 30.3 Å². The first-order chi connectivity index (χ1) is 6.90. The van der Waals surface area contributed by atoms with Gasteiger partial charge in [-0.15, -0.1) is 0 Å². The maximum Gasteiger partial charge on any atom is 0.503 e. The first-order valence-corrected chi connectivity index (χ1v) is 4.49. The Hall–Kier alpha value is -1.30. The van der Waals surface area contributed by atoms with E-state index >= 15 is 0 Å². The summed E-state index contributed by atoms with van der Waals surface area (Å²) >= 11 is 3.56. The van der Waals surface area contributed by atoms with Crippen molar-refractivity contribution in [3.63, 3.8) is 0 Å². The molecular weight excluding hydrogens is 226 g/mol. The first-order valence-electron chi connectivity index (χ1n) is 3.86. The van der Waals surface area contributed by atoms with Crippen LogP contribution < -0.4 is 0 Å². The zero-order chi connectivity index (χ0) is 11.9.